The lowest BCUT2D eigenvalue weighted by Gasteiger charge is -2.28. The van der Waals surface area contributed by atoms with Crippen molar-refractivity contribution < 1.29 is 13.2 Å². The third kappa shape index (κ3) is 4.66. The first-order valence-electron chi connectivity index (χ1n) is 8.67. The normalized spacial score (nSPS) is 20.8. The zero-order valence-electron chi connectivity index (χ0n) is 14.1. The highest BCUT2D eigenvalue weighted by Gasteiger charge is 2.24. The zero-order valence-corrected chi connectivity index (χ0v) is 14.9. The van der Waals surface area contributed by atoms with Gasteiger partial charge in [-0.2, -0.15) is 4.31 Å². The summed E-state index contributed by atoms with van der Waals surface area (Å²) in [7, 11) is -3.16. The molecule has 2 aliphatic heterocycles. The maximum Gasteiger partial charge on any atom is 0.214 e. The molecule has 0 N–H and O–H groups in total. The Hall–Kier alpha value is -1.21. The molecule has 5 nitrogen and oxygen atoms in total. The van der Waals surface area contributed by atoms with Crippen molar-refractivity contribution in [3.05, 3.63) is 42.0 Å². The highest BCUT2D eigenvalue weighted by atomic mass is 32.2. The summed E-state index contributed by atoms with van der Waals surface area (Å²) in [5.41, 5.74) is 2.44. The number of sulfonamides is 1. The van der Waals surface area contributed by atoms with Crippen LogP contribution in [0.15, 0.2) is 36.4 Å². The second-order valence-corrected chi connectivity index (χ2v) is 8.42. The maximum atomic E-state index is 12.5. The summed E-state index contributed by atoms with van der Waals surface area (Å²) in [6.07, 6.45) is 3.53. The van der Waals surface area contributed by atoms with E-state index in [1.54, 1.807) is 4.31 Å². The van der Waals surface area contributed by atoms with Crippen LogP contribution in [0.25, 0.3) is 5.57 Å². The van der Waals surface area contributed by atoms with Gasteiger partial charge in [0, 0.05) is 26.2 Å². The summed E-state index contributed by atoms with van der Waals surface area (Å²) in [4.78, 5) is 2.28. The van der Waals surface area contributed by atoms with Gasteiger partial charge in [-0.1, -0.05) is 36.4 Å². The molecule has 2 heterocycles. The molecule has 0 spiro atoms. The smallest absolute Gasteiger partial charge is 0.214 e. The van der Waals surface area contributed by atoms with Gasteiger partial charge in [0.15, 0.2) is 0 Å². The summed E-state index contributed by atoms with van der Waals surface area (Å²) in [6, 6.07) is 10.2. The Labute approximate surface area is 145 Å². The lowest BCUT2D eigenvalue weighted by molar-refractivity contribution is 0.0380. The van der Waals surface area contributed by atoms with E-state index in [9.17, 15) is 8.42 Å². The SMILES string of the molecule is O=S(=O)(CCCN1CCOCC1)N1CC=C(c2ccccc2)CC1. The van der Waals surface area contributed by atoms with Gasteiger partial charge < -0.3 is 4.74 Å². The van der Waals surface area contributed by atoms with Crippen LogP contribution >= 0.6 is 0 Å². The summed E-state index contributed by atoms with van der Waals surface area (Å²) >= 11 is 0. The number of hydrogen-bond donors (Lipinski definition) is 0. The summed E-state index contributed by atoms with van der Waals surface area (Å²) in [6.45, 7) is 5.24. The third-order valence-corrected chi connectivity index (χ3v) is 6.61. The second-order valence-electron chi connectivity index (χ2n) is 6.33. The molecule has 132 valence electrons. The minimum atomic E-state index is -3.16. The Morgan fingerprint density at radius 3 is 2.46 bits per heavy atom. The van der Waals surface area contributed by atoms with E-state index < -0.39 is 10.0 Å². The average molecular weight is 350 g/mol. The molecule has 0 aliphatic carbocycles. The van der Waals surface area contributed by atoms with Crippen LogP contribution in [0.3, 0.4) is 0 Å². The largest absolute Gasteiger partial charge is 0.379 e. The van der Waals surface area contributed by atoms with Crippen molar-refractivity contribution in [3.8, 4) is 0 Å². The van der Waals surface area contributed by atoms with E-state index in [0.29, 0.717) is 19.5 Å². The van der Waals surface area contributed by atoms with Crippen LogP contribution in [0.2, 0.25) is 0 Å². The molecule has 0 bridgehead atoms. The predicted molar refractivity (Wildman–Crippen MR) is 96.3 cm³/mol. The van der Waals surface area contributed by atoms with Crippen molar-refractivity contribution in [2.45, 2.75) is 12.8 Å². The van der Waals surface area contributed by atoms with Crippen molar-refractivity contribution in [1.29, 1.82) is 0 Å². The summed E-state index contributed by atoms with van der Waals surface area (Å²) < 4.78 is 32.0. The van der Waals surface area contributed by atoms with E-state index in [0.717, 1.165) is 39.3 Å². The van der Waals surface area contributed by atoms with Crippen LogP contribution < -0.4 is 0 Å². The van der Waals surface area contributed by atoms with Crippen LogP contribution in [0.5, 0.6) is 0 Å². The van der Waals surface area contributed by atoms with Gasteiger partial charge in [0.05, 0.1) is 19.0 Å². The van der Waals surface area contributed by atoms with Gasteiger partial charge in [-0.25, -0.2) is 8.42 Å². The van der Waals surface area contributed by atoms with Gasteiger partial charge in [0.25, 0.3) is 0 Å². The monoisotopic (exact) mass is 350 g/mol. The molecule has 0 saturated carbocycles. The van der Waals surface area contributed by atoms with E-state index in [2.05, 4.69) is 23.1 Å². The number of morpholine rings is 1. The molecule has 0 unspecified atom stereocenters. The first-order valence-corrected chi connectivity index (χ1v) is 10.3. The fourth-order valence-corrected chi connectivity index (χ4v) is 4.67. The Balaban J connectivity index is 1.50. The highest BCUT2D eigenvalue weighted by Crippen LogP contribution is 2.23. The molecule has 3 rings (SSSR count). The van der Waals surface area contributed by atoms with Gasteiger partial charge in [-0.05, 0) is 30.5 Å². The molecule has 0 amide bonds. The van der Waals surface area contributed by atoms with Crippen molar-refractivity contribution in [1.82, 2.24) is 9.21 Å². The summed E-state index contributed by atoms with van der Waals surface area (Å²) in [5, 5.41) is 0. The number of benzene rings is 1. The fourth-order valence-electron chi connectivity index (χ4n) is 3.24. The second kappa shape index (κ2) is 8.25. The quantitative estimate of drug-likeness (QED) is 0.785. The molecular formula is C18H26N2O3S. The van der Waals surface area contributed by atoms with Crippen LogP contribution in [0.1, 0.15) is 18.4 Å². The van der Waals surface area contributed by atoms with Gasteiger partial charge in [-0.3, -0.25) is 4.90 Å². The van der Waals surface area contributed by atoms with E-state index in [1.165, 1.54) is 11.1 Å². The van der Waals surface area contributed by atoms with Crippen molar-refractivity contribution in [2.75, 3.05) is 51.7 Å². The molecule has 24 heavy (non-hydrogen) atoms. The van der Waals surface area contributed by atoms with Crippen LogP contribution in [0.4, 0.5) is 0 Å². The molecule has 2 aliphatic rings. The number of rotatable bonds is 6. The zero-order chi connectivity index (χ0) is 16.8. The first-order chi connectivity index (χ1) is 11.6. The first kappa shape index (κ1) is 17.6. The molecule has 1 aromatic carbocycles. The Bertz CT molecular complexity index is 652. The maximum absolute atomic E-state index is 12.5. The standard InChI is InChI=1S/C18H26N2O3S/c21-24(22,16-4-9-19-12-14-23-15-13-19)20-10-7-18(8-11-20)17-5-2-1-3-6-17/h1-3,5-7H,4,8-16H2. The topological polar surface area (TPSA) is 49.9 Å². The van der Waals surface area contributed by atoms with Gasteiger partial charge >= 0.3 is 0 Å². The van der Waals surface area contributed by atoms with Crippen molar-refractivity contribution >= 4 is 15.6 Å². The molecule has 6 heteroatoms. The number of ether oxygens (including phenoxy) is 1. The van der Waals surface area contributed by atoms with Gasteiger partial charge in [-0.15, -0.1) is 0 Å². The lowest BCUT2D eigenvalue weighted by Crippen LogP contribution is -2.39. The Morgan fingerprint density at radius 2 is 1.79 bits per heavy atom. The molecule has 0 radical (unpaired) electrons. The van der Waals surface area contributed by atoms with Gasteiger partial charge in [0.1, 0.15) is 0 Å². The van der Waals surface area contributed by atoms with E-state index in [4.69, 9.17) is 4.74 Å². The third-order valence-electron chi connectivity index (χ3n) is 4.69. The van der Waals surface area contributed by atoms with Crippen LogP contribution in [-0.4, -0.2) is 69.3 Å². The minimum Gasteiger partial charge on any atom is -0.379 e. The van der Waals surface area contributed by atoms with Crippen molar-refractivity contribution in [2.24, 2.45) is 0 Å². The number of nitrogens with zero attached hydrogens (tertiary/aromatic N) is 2. The number of hydrogen-bond acceptors (Lipinski definition) is 4. The lowest BCUT2D eigenvalue weighted by atomic mass is 10.0. The van der Waals surface area contributed by atoms with E-state index >= 15 is 0 Å². The molecule has 1 aromatic rings. The molecular weight excluding hydrogens is 324 g/mol. The molecule has 0 aromatic heterocycles. The Morgan fingerprint density at radius 1 is 1.04 bits per heavy atom. The average Bonchev–Trinajstić information content (AvgIpc) is 2.63. The summed E-state index contributed by atoms with van der Waals surface area (Å²) in [5.74, 6) is 0.235. The highest BCUT2D eigenvalue weighted by molar-refractivity contribution is 7.89. The molecule has 1 fully saturated rings. The molecule has 1 saturated heterocycles. The van der Waals surface area contributed by atoms with Crippen LogP contribution in [0, 0.1) is 0 Å². The predicted octanol–water partition coefficient (Wildman–Crippen LogP) is 1.83. The van der Waals surface area contributed by atoms with E-state index in [1.807, 2.05) is 18.2 Å². The van der Waals surface area contributed by atoms with Crippen molar-refractivity contribution in [3.63, 3.8) is 0 Å². The van der Waals surface area contributed by atoms with Crippen LogP contribution in [-0.2, 0) is 14.8 Å². The fraction of sp³-hybridized carbons (Fsp3) is 0.556. The molecule has 0 atom stereocenters. The minimum absolute atomic E-state index is 0.235. The van der Waals surface area contributed by atoms with E-state index in [-0.39, 0.29) is 5.75 Å². The Kier molecular flexibility index (Phi) is 6.05. The van der Waals surface area contributed by atoms with Gasteiger partial charge in [0.2, 0.25) is 10.0 Å².